The Balaban J connectivity index is 3.45. The van der Waals surface area contributed by atoms with Gasteiger partial charge in [-0.2, -0.15) is 0 Å². The summed E-state index contributed by atoms with van der Waals surface area (Å²) in [5.74, 6) is -1.29. The van der Waals surface area contributed by atoms with Crippen LogP contribution in [0.2, 0.25) is 0 Å². The number of hydrogen-bond donors (Lipinski definition) is 4. The van der Waals surface area contributed by atoms with Gasteiger partial charge < -0.3 is 10.4 Å². The lowest BCUT2D eigenvalue weighted by molar-refractivity contribution is -0.141. The van der Waals surface area contributed by atoms with Gasteiger partial charge in [-0.25, -0.2) is 0 Å². The van der Waals surface area contributed by atoms with E-state index < -0.39 is 12.0 Å². The second kappa shape index (κ2) is 9.59. The van der Waals surface area contributed by atoms with Gasteiger partial charge in [-0.1, -0.05) is 6.42 Å². The number of aliphatic imine (C=N–C) groups is 1. The maximum absolute atomic E-state index is 11.2. The first-order chi connectivity index (χ1) is 8.07. The molecule has 0 spiro atoms. The van der Waals surface area contributed by atoms with Crippen LogP contribution in [0.5, 0.6) is 0 Å². The zero-order valence-electron chi connectivity index (χ0n) is 9.85. The Morgan fingerprint density at radius 2 is 2.06 bits per heavy atom. The van der Waals surface area contributed by atoms with E-state index in [1.807, 2.05) is 0 Å². The summed E-state index contributed by atoms with van der Waals surface area (Å²) >= 11 is 0. The minimum Gasteiger partial charge on any atom is -0.480 e. The molecule has 0 aliphatic rings. The molecule has 17 heavy (non-hydrogen) atoms. The fourth-order valence-electron chi connectivity index (χ4n) is 1.15. The Morgan fingerprint density at radius 3 is 2.65 bits per heavy atom. The molecule has 0 saturated carbocycles. The predicted molar refractivity (Wildman–Crippen MR) is 62.0 cm³/mol. The van der Waals surface area contributed by atoms with Crippen LogP contribution in [-0.2, 0) is 9.59 Å². The smallest absolute Gasteiger partial charge is 0.325 e. The fraction of sp³-hybridized carbons (Fsp3) is 0.700. The van der Waals surface area contributed by atoms with Crippen molar-refractivity contribution in [3.63, 3.8) is 0 Å². The lowest BCUT2D eigenvalue weighted by atomic mass is 10.2. The zero-order chi connectivity index (χ0) is 13.1. The van der Waals surface area contributed by atoms with Crippen LogP contribution in [0.25, 0.3) is 0 Å². The first-order valence-electron chi connectivity index (χ1n) is 5.48. The Hall–Kier alpha value is -1.63. The van der Waals surface area contributed by atoms with Gasteiger partial charge in [0, 0.05) is 13.0 Å². The van der Waals surface area contributed by atoms with Crippen molar-refractivity contribution in [2.75, 3.05) is 6.54 Å². The molecule has 4 N–H and O–H groups in total. The van der Waals surface area contributed by atoms with Crippen molar-refractivity contribution in [1.82, 2.24) is 10.8 Å². The minimum atomic E-state index is -1.04. The van der Waals surface area contributed by atoms with E-state index >= 15 is 0 Å². The van der Waals surface area contributed by atoms with Crippen molar-refractivity contribution in [1.29, 1.82) is 0 Å². The second-order valence-electron chi connectivity index (χ2n) is 3.60. The average Bonchev–Trinajstić information content (AvgIpc) is 2.27. The molecule has 1 atom stereocenters. The van der Waals surface area contributed by atoms with Gasteiger partial charge in [0.1, 0.15) is 12.4 Å². The van der Waals surface area contributed by atoms with Gasteiger partial charge in [-0.05, 0) is 19.8 Å². The summed E-state index contributed by atoms with van der Waals surface area (Å²) in [6, 6.07) is -0.845. The van der Waals surface area contributed by atoms with E-state index in [1.165, 1.54) is 13.3 Å². The lowest BCUT2D eigenvalue weighted by Crippen LogP contribution is -2.38. The van der Waals surface area contributed by atoms with Gasteiger partial charge in [0.05, 0.1) is 0 Å². The van der Waals surface area contributed by atoms with Crippen LogP contribution in [-0.4, -0.2) is 41.1 Å². The summed E-state index contributed by atoms with van der Waals surface area (Å²) in [5.41, 5.74) is 1.80. The number of unbranched alkanes of at least 4 members (excludes halogenated alkanes) is 2. The number of hydroxylamine groups is 1. The quantitative estimate of drug-likeness (QED) is 0.200. The van der Waals surface area contributed by atoms with Gasteiger partial charge in [0.15, 0.2) is 0 Å². The number of rotatable bonds is 9. The third kappa shape index (κ3) is 9.31. The van der Waals surface area contributed by atoms with Crippen LogP contribution in [0.15, 0.2) is 4.99 Å². The van der Waals surface area contributed by atoms with Crippen LogP contribution in [0, 0.1) is 0 Å². The van der Waals surface area contributed by atoms with E-state index in [0.29, 0.717) is 19.4 Å². The average molecular weight is 245 g/mol. The molecule has 0 heterocycles. The molecule has 0 aromatic carbocycles. The summed E-state index contributed by atoms with van der Waals surface area (Å²) in [6.45, 7) is 2.01. The van der Waals surface area contributed by atoms with Gasteiger partial charge >= 0.3 is 5.97 Å². The number of carbonyl (C=O) groups excluding carboxylic acids is 1. The van der Waals surface area contributed by atoms with E-state index in [1.54, 1.807) is 5.48 Å². The number of carbonyl (C=O) groups is 2. The van der Waals surface area contributed by atoms with Gasteiger partial charge in [0.2, 0.25) is 5.91 Å². The molecule has 0 saturated heterocycles. The topological polar surface area (TPSA) is 111 Å². The van der Waals surface area contributed by atoms with Crippen molar-refractivity contribution in [2.24, 2.45) is 4.99 Å². The second-order valence-corrected chi connectivity index (χ2v) is 3.60. The van der Waals surface area contributed by atoms with Crippen molar-refractivity contribution in [2.45, 2.75) is 38.6 Å². The fourth-order valence-corrected chi connectivity index (χ4v) is 1.15. The third-order valence-electron chi connectivity index (χ3n) is 2.09. The number of carboxylic acid groups (broad SMARTS) is 1. The van der Waals surface area contributed by atoms with Gasteiger partial charge in [0.25, 0.3) is 0 Å². The number of amides is 1. The molecule has 7 nitrogen and oxygen atoms in total. The Kier molecular flexibility index (Phi) is 8.67. The molecule has 0 fully saturated rings. The monoisotopic (exact) mass is 245 g/mol. The minimum absolute atomic E-state index is 0.250. The molecule has 1 amide bonds. The first-order valence-corrected chi connectivity index (χ1v) is 5.48. The van der Waals surface area contributed by atoms with E-state index in [0.717, 1.165) is 12.8 Å². The molecular weight excluding hydrogens is 226 g/mol. The lowest BCUT2D eigenvalue weighted by Gasteiger charge is -2.08. The Bertz CT molecular complexity index is 268. The molecule has 0 unspecified atom stereocenters. The molecule has 0 bridgehead atoms. The summed E-state index contributed by atoms with van der Waals surface area (Å²) in [4.78, 5) is 25.5. The maximum Gasteiger partial charge on any atom is 0.325 e. The normalized spacial score (nSPS) is 12.4. The van der Waals surface area contributed by atoms with Gasteiger partial charge in [-0.3, -0.25) is 25.3 Å². The Labute approximate surface area is 99.9 Å². The van der Waals surface area contributed by atoms with E-state index in [-0.39, 0.29) is 5.91 Å². The van der Waals surface area contributed by atoms with Crippen molar-refractivity contribution in [3.05, 3.63) is 0 Å². The Morgan fingerprint density at radius 1 is 1.35 bits per heavy atom. The predicted octanol–water partition coefficient (Wildman–Crippen LogP) is 0.143. The molecule has 0 aromatic rings. The molecular formula is C10H19N3O4. The number of carboxylic acids is 1. The van der Waals surface area contributed by atoms with Crippen LogP contribution < -0.4 is 10.8 Å². The van der Waals surface area contributed by atoms with Crippen LogP contribution in [0.4, 0.5) is 0 Å². The number of nitrogens with one attached hydrogen (secondary N) is 2. The number of nitrogens with zero attached hydrogens (tertiary/aromatic N) is 1. The summed E-state index contributed by atoms with van der Waals surface area (Å²) in [5, 5.41) is 19.1. The highest BCUT2D eigenvalue weighted by Crippen LogP contribution is 2.00. The SMILES string of the molecule is C[C@@H](NC(=O)CCCCCN=CNO)C(=O)O. The van der Waals surface area contributed by atoms with E-state index in [2.05, 4.69) is 10.3 Å². The third-order valence-corrected chi connectivity index (χ3v) is 2.09. The largest absolute Gasteiger partial charge is 0.480 e. The molecule has 0 radical (unpaired) electrons. The van der Waals surface area contributed by atoms with Crippen LogP contribution in [0.1, 0.15) is 32.6 Å². The molecule has 0 aromatic heterocycles. The van der Waals surface area contributed by atoms with Gasteiger partial charge in [-0.15, -0.1) is 0 Å². The zero-order valence-corrected chi connectivity index (χ0v) is 9.85. The molecule has 98 valence electrons. The summed E-state index contributed by atoms with van der Waals surface area (Å²) in [7, 11) is 0. The number of hydrogen-bond acceptors (Lipinski definition) is 4. The summed E-state index contributed by atoms with van der Waals surface area (Å²) < 4.78 is 0. The van der Waals surface area contributed by atoms with E-state index in [4.69, 9.17) is 10.3 Å². The van der Waals surface area contributed by atoms with Crippen molar-refractivity contribution in [3.8, 4) is 0 Å². The highest BCUT2D eigenvalue weighted by Gasteiger charge is 2.12. The standard InChI is InChI=1S/C10H19N3O4/c1-8(10(15)16)13-9(14)5-3-2-4-6-11-7-12-17/h7-8,17H,2-6H2,1H3,(H,11,12)(H,13,14)(H,15,16)/t8-/m1/s1. The van der Waals surface area contributed by atoms with Crippen LogP contribution >= 0.6 is 0 Å². The highest BCUT2D eigenvalue weighted by atomic mass is 16.5. The van der Waals surface area contributed by atoms with E-state index in [9.17, 15) is 9.59 Å². The highest BCUT2D eigenvalue weighted by molar-refractivity contribution is 5.83. The van der Waals surface area contributed by atoms with Crippen molar-refractivity contribution >= 4 is 18.2 Å². The van der Waals surface area contributed by atoms with Crippen LogP contribution in [0.3, 0.4) is 0 Å². The summed E-state index contributed by atoms with van der Waals surface area (Å²) in [6.07, 6.45) is 3.86. The first kappa shape index (κ1) is 15.4. The van der Waals surface area contributed by atoms with Crippen molar-refractivity contribution < 1.29 is 19.9 Å². The molecule has 7 heteroatoms. The molecule has 0 aliphatic carbocycles. The maximum atomic E-state index is 11.2. The number of aliphatic carboxylic acids is 1. The molecule has 0 rings (SSSR count). The molecule has 0 aliphatic heterocycles.